The summed E-state index contributed by atoms with van der Waals surface area (Å²) in [7, 11) is 3.22. The van der Waals surface area contributed by atoms with E-state index in [1.807, 2.05) is 31.2 Å². The third kappa shape index (κ3) is 3.35. The van der Waals surface area contributed by atoms with Gasteiger partial charge in [-0.25, -0.2) is 0 Å². The molecule has 158 valence electrons. The minimum absolute atomic E-state index is 0.0196. The van der Waals surface area contributed by atoms with Crippen LogP contribution in [-0.4, -0.2) is 47.5 Å². The predicted molar refractivity (Wildman–Crippen MR) is 118 cm³/mol. The van der Waals surface area contributed by atoms with Crippen molar-refractivity contribution in [2.75, 3.05) is 20.2 Å². The standard InChI is InChI=1S/C22H25N3O4S/c1-4-7-16(26)23-13-10-11-25(12-13)22(28)20-18(29-3)17-19(30-20)14-8-5-6-9-15(14)24(2)21(17)27/h5-6,8-9,13H,4,7,10-12H2,1-3H3,(H,23,26). The second-order valence-electron chi connectivity index (χ2n) is 7.60. The molecule has 1 fully saturated rings. The van der Waals surface area contributed by atoms with Crippen molar-refractivity contribution >= 4 is 44.1 Å². The van der Waals surface area contributed by atoms with Gasteiger partial charge in [0.1, 0.15) is 10.3 Å². The van der Waals surface area contributed by atoms with Gasteiger partial charge in [0.2, 0.25) is 5.91 Å². The number of fused-ring (bicyclic) bond motifs is 3. The topological polar surface area (TPSA) is 80.6 Å². The summed E-state index contributed by atoms with van der Waals surface area (Å²) in [5.74, 6) is 0.197. The average Bonchev–Trinajstić information content (AvgIpc) is 3.36. The van der Waals surface area contributed by atoms with E-state index in [9.17, 15) is 14.4 Å². The highest BCUT2D eigenvalue weighted by molar-refractivity contribution is 7.22. The highest BCUT2D eigenvalue weighted by Gasteiger charge is 2.32. The van der Waals surface area contributed by atoms with Gasteiger partial charge < -0.3 is 19.5 Å². The Morgan fingerprint density at radius 3 is 2.80 bits per heavy atom. The molecule has 3 aromatic rings. The minimum atomic E-state index is -0.179. The second-order valence-corrected chi connectivity index (χ2v) is 8.62. The van der Waals surface area contributed by atoms with Crippen LogP contribution in [0.4, 0.5) is 0 Å². The predicted octanol–water partition coefficient (Wildman–Crippen LogP) is 2.89. The molecule has 0 saturated carbocycles. The summed E-state index contributed by atoms with van der Waals surface area (Å²) in [6, 6.07) is 7.62. The molecule has 0 radical (unpaired) electrons. The number of benzene rings is 1. The van der Waals surface area contributed by atoms with E-state index in [4.69, 9.17) is 4.74 Å². The maximum atomic E-state index is 13.3. The molecule has 1 N–H and O–H groups in total. The number of aryl methyl sites for hydroxylation is 1. The first-order chi connectivity index (χ1) is 14.5. The molecule has 0 spiro atoms. The zero-order valence-corrected chi connectivity index (χ0v) is 18.2. The molecule has 0 bridgehead atoms. The fraction of sp³-hybridized carbons (Fsp3) is 0.409. The van der Waals surface area contributed by atoms with E-state index in [0.29, 0.717) is 35.5 Å². The molecule has 1 aliphatic heterocycles. The molecule has 1 atom stereocenters. The number of carbonyl (C=O) groups excluding carboxylic acids is 2. The number of rotatable bonds is 5. The summed E-state index contributed by atoms with van der Waals surface area (Å²) in [6.07, 6.45) is 2.01. The first-order valence-corrected chi connectivity index (χ1v) is 10.9. The number of nitrogens with one attached hydrogen (secondary N) is 1. The van der Waals surface area contributed by atoms with Crippen molar-refractivity contribution in [2.45, 2.75) is 32.2 Å². The van der Waals surface area contributed by atoms with Gasteiger partial charge in [0.05, 0.1) is 17.3 Å². The van der Waals surface area contributed by atoms with Gasteiger partial charge >= 0.3 is 0 Å². The summed E-state index contributed by atoms with van der Waals surface area (Å²) in [6.45, 7) is 2.99. The monoisotopic (exact) mass is 427 g/mol. The summed E-state index contributed by atoms with van der Waals surface area (Å²) in [4.78, 5) is 40.4. The maximum Gasteiger partial charge on any atom is 0.267 e. The van der Waals surface area contributed by atoms with Gasteiger partial charge in [0.15, 0.2) is 5.75 Å². The van der Waals surface area contributed by atoms with Crippen molar-refractivity contribution in [1.29, 1.82) is 0 Å². The van der Waals surface area contributed by atoms with Crippen molar-refractivity contribution in [1.82, 2.24) is 14.8 Å². The summed E-state index contributed by atoms with van der Waals surface area (Å²) in [5, 5.41) is 4.36. The molecular weight excluding hydrogens is 402 g/mol. The fourth-order valence-electron chi connectivity index (χ4n) is 4.10. The molecule has 1 unspecified atom stereocenters. The first-order valence-electron chi connectivity index (χ1n) is 10.1. The van der Waals surface area contributed by atoms with Crippen LogP contribution in [0, 0.1) is 0 Å². The Bertz CT molecular complexity index is 1200. The van der Waals surface area contributed by atoms with Gasteiger partial charge in [0.25, 0.3) is 11.5 Å². The van der Waals surface area contributed by atoms with E-state index in [1.54, 1.807) is 16.5 Å². The van der Waals surface area contributed by atoms with Gasteiger partial charge in [-0.1, -0.05) is 25.1 Å². The van der Waals surface area contributed by atoms with E-state index in [1.165, 1.54) is 18.4 Å². The molecule has 7 nitrogen and oxygen atoms in total. The van der Waals surface area contributed by atoms with Crippen LogP contribution < -0.4 is 15.6 Å². The zero-order chi connectivity index (χ0) is 21.4. The smallest absolute Gasteiger partial charge is 0.267 e. The van der Waals surface area contributed by atoms with Gasteiger partial charge in [-0.2, -0.15) is 0 Å². The van der Waals surface area contributed by atoms with Crippen LogP contribution in [-0.2, 0) is 11.8 Å². The van der Waals surface area contributed by atoms with Crippen molar-refractivity contribution in [3.63, 3.8) is 0 Å². The van der Waals surface area contributed by atoms with E-state index >= 15 is 0 Å². The number of nitrogens with zero attached hydrogens (tertiary/aromatic N) is 2. The van der Waals surface area contributed by atoms with Gasteiger partial charge in [-0.3, -0.25) is 14.4 Å². The number of hydrogen-bond acceptors (Lipinski definition) is 5. The van der Waals surface area contributed by atoms with Gasteiger partial charge in [-0.15, -0.1) is 11.3 Å². The average molecular weight is 428 g/mol. The number of ether oxygens (including phenoxy) is 1. The highest BCUT2D eigenvalue weighted by Crippen LogP contribution is 2.40. The van der Waals surface area contributed by atoms with Crippen LogP contribution in [0.5, 0.6) is 5.75 Å². The number of carbonyl (C=O) groups is 2. The normalized spacial score (nSPS) is 16.4. The SMILES string of the molecule is CCCC(=O)NC1CCN(C(=O)c2sc3c(c2OC)c(=O)n(C)c2ccccc32)C1. The Morgan fingerprint density at radius 2 is 2.07 bits per heavy atom. The van der Waals surface area contributed by atoms with Crippen LogP contribution in [0.3, 0.4) is 0 Å². The third-order valence-electron chi connectivity index (χ3n) is 5.61. The van der Waals surface area contributed by atoms with Crippen molar-refractivity contribution in [2.24, 2.45) is 7.05 Å². The second kappa shape index (κ2) is 8.10. The Labute approximate surface area is 178 Å². The molecule has 30 heavy (non-hydrogen) atoms. The maximum absolute atomic E-state index is 13.3. The van der Waals surface area contributed by atoms with E-state index in [2.05, 4.69) is 5.32 Å². The van der Waals surface area contributed by atoms with E-state index < -0.39 is 0 Å². The number of likely N-dealkylation sites (tertiary alicyclic amines) is 1. The van der Waals surface area contributed by atoms with Gasteiger partial charge in [0, 0.05) is 38.0 Å². The number of aromatic nitrogens is 1. The van der Waals surface area contributed by atoms with Crippen molar-refractivity contribution < 1.29 is 14.3 Å². The lowest BCUT2D eigenvalue weighted by Gasteiger charge is -2.17. The number of methoxy groups -OCH3 is 1. The molecule has 2 aromatic heterocycles. The lowest BCUT2D eigenvalue weighted by atomic mass is 10.1. The molecule has 4 rings (SSSR count). The lowest BCUT2D eigenvalue weighted by Crippen LogP contribution is -2.38. The van der Waals surface area contributed by atoms with E-state index in [0.717, 1.165) is 28.4 Å². The Hall–Kier alpha value is -2.87. The Morgan fingerprint density at radius 1 is 1.30 bits per heavy atom. The molecular formula is C22H25N3O4S. The summed E-state index contributed by atoms with van der Waals surface area (Å²) >= 11 is 1.30. The first kappa shape index (κ1) is 20.4. The molecule has 1 aromatic carbocycles. The quantitative estimate of drug-likeness (QED) is 0.679. The highest BCUT2D eigenvalue weighted by atomic mass is 32.1. The largest absolute Gasteiger partial charge is 0.494 e. The number of thiophene rings is 1. The van der Waals surface area contributed by atoms with Crippen LogP contribution in [0.2, 0.25) is 0 Å². The van der Waals surface area contributed by atoms with Crippen LogP contribution in [0.1, 0.15) is 35.9 Å². The third-order valence-corrected chi connectivity index (χ3v) is 6.80. The summed E-state index contributed by atoms with van der Waals surface area (Å²) in [5.41, 5.74) is 0.639. The number of pyridine rings is 1. The molecule has 1 aliphatic rings. The number of hydrogen-bond donors (Lipinski definition) is 1. The molecule has 0 aliphatic carbocycles. The Kier molecular flexibility index (Phi) is 5.51. The fourth-order valence-corrected chi connectivity index (χ4v) is 5.37. The van der Waals surface area contributed by atoms with E-state index in [-0.39, 0.29) is 23.4 Å². The number of amides is 2. The lowest BCUT2D eigenvalue weighted by molar-refractivity contribution is -0.121. The molecule has 3 heterocycles. The van der Waals surface area contributed by atoms with Crippen LogP contribution in [0.25, 0.3) is 21.0 Å². The molecule has 8 heteroatoms. The minimum Gasteiger partial charge on any atom is -0.494 e. The van der Waals surface area contributed by atoms with Crippen molar-refractivity contribution in [3.05, 3.63) is 39.5 Å². The Balaban J connectivity index is 1.72. The molecule has 1 saturated heterocycles. The summed E-state index contributed by atoms with van der Waals surface area (Å²) < 4.78 is 7.93. The van der Waals surface area contributed by atoms with Crippen LogP contribution >= 0.6 is 11.3 Å². The number of para-hydroxylation sites is 1. The van der Waals surface area contributed by atoms with Crippen LogP contribution in [0.15, 0.2) is 29.1 Å². The zero-order valence-electron chi connectivity index (χ0n) is 17.4. The van der Waals surface area contributed by atoms with Gasteiger partial charge in [-0.05, 0) is 18.9 Å². The molecule has 2 amide bonds. The van der Waals surface area contributed by atoms with Crippen molar-refractivity contribution in [3.8, 4) is 5.75 Å².